The number of nitrogens with zero attached hydrogens (tertiary/aromatic N) is 2. The molecule has 0 radical (unpaired) electrons. The van der Waals surface area contributed by atoms with Crippen LogP contribution in [0.2, 0.25) is 0 Å². The van der Waals surface area contributed by atoms with Crippen LogP contribution in [-0.2, 0) is 5.75 Å². The molecule has 0 spiro atoms. The van der Waals surface area contributed by atoms with Crippen molar-refractivity contribution in [3.63, 3.8) is 0 Å². The number of hydrogen-bond donors (Lipinski definition) is 2. The molecule has 1 heterocycles. The molecule has 122 valence electrons. The Morgan fingerprint density at radius 2 is 1.96 bits per heavy atom. The zero-order valence-corrected chi connectivity index (χ0v) is 14.1. The molecular formula is C17H21N3O2S. The fraction of sp³-hybridized carbons (Fsp3) is 0.353. The SMILES string of the molecule is CCC(C)(O)CNC(=O)c1nccnc1SCc1ccccc1. The molecule has 0 aliphatic heterocycles. The lowest BCUT2D eigenvalue weighted by atomic mass is 10.0. The maximum absolute atomic E-state index is 12.3. The molecule has 0 fully saturated rings. The molecule has 0 saturated carbocycles. The van der Waals surface area contributed by atoms with Crippen LogP contribution in [-0.4, -0.2) is 33.1 Å². The number of nitrogens with one attached hydrogen (secondary N) is 1. The monoisotopic (exact) mass is 331 g/mol. The van der Waals surface area contributed by atoms with Crippen molar-refractivity contribution in [2.45, 2.75) is 36.6 Å². The van der Waals surface area contributed by atoms with Crippen LogP contribution in [0.1, 0.15) is 36.3 Å². The molecule has 23 heavy (non-hydrogen) atoms. The fourth-order valence-electron chi connectivity index (χ4n) is 1.79. The van der Waals surface area contributed by atoms with E-state index in [4.69, 9.17) is 0 Å². The van der Waals surface area contributed by atoms with Crippen LogP contribution in [0, 0.1) is 0 Å². The van der Waals surface area contributed by atoms with Crippen LogP contribution >= 0.6 is 11.8 Å². The Balaban J connectivity index is 2.03. The van der Waals surface area contributed by atoms with Gasteiger partial charge in [-0.05, 0) is 18.9 Å². The highest BCUT2D eigenvalue weighted by Crippen LogP contribution is 2.23. The Morgan fingerprint density at radius 3 is 2.65 bits per heavy atom. The first kappa shape index (κ1) is 17.4. The summed E-state index contributed by atoms with van der Waals surface area (Å²) in [4.78, 5) is 20.7. The zero-order chi connectivity index (χ0) is 16.7. The van der Waals surface area contributed by atoms with Crippen molar-refractivity contribution in [2.24, 2.45) is 0 Å². The third kappa shape index (κ3) is 5.33. The van der Waals surface area contributed by atoms with Crippen molar-refractivity contribution in [3.8, 4) is 0 Å². The number of amides is 1. The van der Waals surface area contributed by atoms with Gasteiger partial charge in [0, 0.05) is 24.7 Å². The molecule has 0 aliphatic rings. The molecule has 0 bridgehead atoms. The lowest BCUT2D eigenvalue weighted by Crippen LogP contribution is -2.40. The second-order valence-electron chi connectivity index (χ2n) is 5.52. The number of benzene rings is 1. The molecule has 1 aromatic carbocycles. The van der Waals surface area contributed by atoms with E-state index in [0.717, 1.165) is 5.56 Å². The van der Waals surface area contributed by atoms with Crippen LogP contribution in [0.4, 0.5) is 0 Å². The first-order chi connectivity index (χ1) is 11.0. The average Bonchev–Trinajstić information content (AvgIpc) is 2.59. The second-order valence-corrected chi connectivity index (χ2v) is 6.48. The molecule has 1 aromatic heterocycles. The van der Waals surface area contributed by atoms with Crippen molar-refractivity contribution in [1.82, 2.24) is 15.3 Å². The highest BCUT2D eigenvalue weighted by Gasteiger charge is 2.21. The van der Waals surface area contributed by atoms with Crippen LogP contribution in [0.25, 0.3) is 0 Å². The molecule has 2 rings (SSSR count). The van der Waals surface area contributed by atoms with E-state index >= 15 is 0 Å². The van der Waals surface area contributed by atoms with E-state index in [1.165, 1.54) is 18.0 Å². The minimum atomic E-state index is -0.921. The number of carbonyl (C=O) groups is 1. The quantitative estimate of drug-likeness (QED) is 0.763. The number of hydrogen-bond acceptors (Lipinski definition) is 5. The van der Waals surface area contributed by atoms with E-state index in [0.29, 0.717) is 22.9 Å². The van der Waals surface area contributed by atoms with Gasteiger partial charge in [-0.2, -0.15) is 0 Å². The van der Waals surface area contributed by atoms with Gasteiger partial charge in [-0.3, -0.25) is 4.79 Å². The number of thioether (sulfide) groups is 1. The summed E-state index contributed by atoms with van der Waals surface area (Å²) in [5, 5.41) is 13.3. The van der Waals surface area contributed by atoms with Crippen LogP contribution in [0.15, 0.2) is 47.8 Å². The van der Waals surface area contributed by atoms with Gasteiger partial charge in [0.1, 0.15) is 5.03 Å². The summed E-state index contributed by atoms with van der Waals surface area (Å²) in [7, 11) is 0. The van der Waals surface area contributed by atoms with Crippen LogP contribution < -0.4 is 5.32 Å². The summed E-state index contributed by atoms with van der Waals surface area (Å²) in [6, 6.07) is 9.98. The van der Waals surface area contributed by atoms with Gasteiger partial charge in [-0.15, -0.1) is 0 Å². The van der Waals surface area contributed by atoms with Gasteiger partial charge >= 0.3 is 0 Å². The maximum atomic E-state index is 12.3. The smallest absolute Gasteiger partial charge is 0.272 e. The van der Waals surface area contributed by atoms with Gasteiger partial charge in [0.2, 0.25) is 0 Å². The van der Waals surface area contributed by atoms with Gasteiger partial charge in [0.05, 0.1) is 5.60 Å². The summed E-state index contributed by atoms with van der Waals surface area (Å²) in [5.41, 5.74) is 0.527. The fourth-order valence-corrected chi connectivity index (χ4v) is 2.71. The lowest BCUT2D eigenvalue weighted by molar-refractivity contribution is 0.0516. The third-order valence-electron chi connectivity index (χ3n) is 3.49. The molecule has 2 N–H and O–H groups in total. The minimum absolute atomic E-state index is 0.182. The zero-order valence-electron chi connectivity index (χ0n) is 13.3. The number of aromatic nitrogens is 2. The van der Waals surface area contributed by atoms with E-state index in [-0.39, 0.29) is 12.5 Å². The van der Waals surface area contributed by atoms with E-state index in [9.17, 15) is 9.90 Å². The topological polar surface area (TPSA) is 75.1 Å². The molecule has 0 aliphatic carbocycles. The average molecular weight is 331 g/mol. The van der Waals surface area contributed by atoms with Gasteiger partial charge in [0.15, 0.2) is 5.69 Å². The molecule has 2 aromatic rings. The Morgan fingerprint density at radius 1 is 1.26 bits per heavy atom. The van der Waals surface area contributed by atoms with Crippen molar-refractivity contribution < 1.29 is 9.90 Å². The van der Waals surface area contributed by atoms with Crippen LogP contribution in [0.5, 0.6) is 0 Å². The van der Waals surface area contributed by atoms with Gasteiger partial charge < -0.3 is 10.4 Å². The highest BCUT2D eigenvalue weighted by atomic mass is 32.2. The minimum Gasteiger partial charge on any atom is -0.388 e. The summed E-state index contributed by atoms with van der Waals surface area (Å²) in [5.74, 6) is 0.398. The molecule has 1 atom stereocenters. The largest absolute Gasteiger partial charge is 0.388 e. The predicted octanol–water partition coefficient (Wildman–Crippen LogP) is 2.66. The normalized spacial score (nSPS) is 13.3. The highest BCUT2D eigenvalue weighted by molar-refractivity contribution is 7.98. The van der Waals surface area contributed by atoms with E-state index in [2.05, 4.69) is 15.3 Å². The first-order valence-electron chi connectivity index (χ1n) is 7.50. The van der Waals surface area contributed by atoms with Crippen molar-refractivity contribution in [1.29, 1.82) is 0 Å². The molecule has 6 heteroatoms. The van der Waals surface area contributed by atoms with E-state index < -0.39 is 5.60 Å². The number of rotatable bonds is 7. The van der Waals surface area contributed by atoms with Gasteiger partial charge in [0.25, 0.3) is 5.91 Å². The lowest BCUT2D eigenvalue weighted by Gasteiger charge is -2.21. The predicted molar refractivity (Wildman–Crippen MR) is 91.3 cm³/mol. The second kappa shape index (κ2) is 8.08. The summed E-state index contributed by atoms with van der Waals surface area (Å²) >= 11 is 1.47. The maximum Gasteiger partial charge on any atom is 0.272 e. The summed E-state index contributed by atoms with van der Waals surface area (Å²) < 4.78 is 0. The molecule has 1 amide bonds. The van der Waals surface area contributed by atoms with Crippen molar-refractivity contribution >= 4 is 17.7 Å². The Hall–Kier alpha value is -1.92. The number of aliphatic hydroxyl groups is 1. The van der Waals surface area contributed by atoms with Crippen LogP contribution in [0.3, 0.4) is 0 Å². The molecule has 0 saturated heterocycles. The molecular weight excluding hydrogens is 310 g/mol. The molecule has 1 unspecified atom stereocenters. The Labute approximate surface area is 140 Å². The third-order valence-corrected chi connectivity index (χ3v) is 4.54. The summed E-state index contributed by atoms with van der Waals surface area (Å²) in [6.45, 7) is 3.74. The van der Waals surface area contributed by atoms with Gasteiger partial charge in [-0.25, -0.2) is 9.97 Å². The van der Waals surface area contributed by atoms with Gasteiger partial charge in [-0.1, -0.05) is 49.0 Å². The summed E-state index contributed by atoms with van der Waals surface area (Å²) in [6.07, 6.45) is 3.63. The standard InChI is InChI=1S/C17H21N3O2S/c1-3-17(2,22)12-20-15(21)14-16(19-10-9-18-14)23-11-13-7-5-4-6-8-13/h4-10,22H,3,11-12H2,1-2H3,(H,20,21). The van der Waals surface area contributed by atoms with E-state index in [1.807, 2.05) is 37.3 Å². The Kier molecular flexibility index (Phi) is 6.12. The van der Waals surface area contributed by atoms with Crippen molar-refractivity contribution in [3.05, 3.63) is 54.0 Å². The Bertz CT molecular complexity index is 647. The van der Waals surface area contributed by atoms with E-state index in [1.54, 1.807) is 13.1 Å². The van der Waals surface area contributed by atoms with Crippen molar-refractivity contribution in [2.75, 3.05) is 6.54 Å². The molecule has 5 nitrogen and oxygen atoms in total. The first-order valence-corrected chi connectivity index (χ1v) is 8.49. The number of carbonyl (C=O) groups excluding carboxylic acids is 1.